The Bertz CT molecular complexity index is 647. The van der Waals surface area contributed by atoms with E-state index >= 15 is 0 Å². The first-order valence-corrected chi connectivity index (χ1v) is 7.73. The summed E-state index contributed by atoms with van der Waals surface area (Å²) in [4.78, 5) is 16.4. The average molecular weight is 373 g/mol. The Morgan fingerprint density at radius 1 is 1.43 bits per heavy atom. The largest absolute Gasteiger partial charge is 0.460 e. The minimum absolute atomic E-state index is 0.0459. The number of nitrogens with zero attached hydrogens (tertiary/aromatic N) is 1. The molecule has 1 aromatic heterocycles. The topological polar surface area (TPSA) is 52.3 Å². The third-order valence-electron chi connectivity index (χ3n) is 2.77. The summed E-state index contributed by atoms with van der Waals surface area (Å²) in [6.07, 6.45) is 0. The molecule has 0 amide bonds. The second-order valence-electron chi connectivity index (χ2n) is 4.77. The maximum Gasteiger partial charge on any atom is 0.376 e. The maximum atomic E-state index is 12.0. The van der Waals surface area contributed by atoms with Crippen LogP contribution in [0.2, 0.25) is 5.02 Å². The summed E-state index contributed by atoms with van der Waals surface area (Å²) in [7, 11) is 0. The zero-order chi connectivity index (χ0) is 15.6. The summed E-state index contributed by atoms with van der Waals surface area (Å²) in [5, 5.41) is 0.557. The molecule has 1 aromatic carbocycles. The molecule has 0 saturated carbocycles. The van der Waals surface area contributed by atoms with Gasteiger partial charge in [0.2, 0.25) is 11.7 Å². The number of halogens is 2. The van der Waals surface area contributed by atoms with Gasteiger partial charge in [0.05, 0.1) is 12.3 Å². The van der Waals surface area contributed by atoms with Gasteiger partial charge in [0.15, 0.2) is 0 Å². The maximum absolute atomic E-state index is 12.0. The van der Waals surface area contributed by atoms with Crippen molar-refractivity contribution in [3.8, 4) is 11.5 Å². The van der Waals surface area contributed by atoms with E-state index in [2.05, 4.69) is 20.9 Å². The highest BCUT2D eigenvalue weighted by molar-refractivity contribution is 9.10. The van der Waals surface area contributed by atoms with Gasteiger partial charge in [0.1, 0.15) is 0 Å². The molecule has 0 atom stereocenters. The van der Waals surface area contributed by atoms with Crippen LogP contribution in [0.15, 0.2) is 27.1 Å². The van der Waals surface area contributed by atoms with E-state index in [1.165, 1.54) is 0 Å². The van der Waals surface area contributed by atoms with Crippen LogP contribution in [-0.2, 0) is 4.74 Å². The van der Waals surface area contributed by atoms with Gasteiger partial charge < -0.3 is 9.15 Å². The van der Waals surface area contributed by atoms with Crippen molar-refractivity contribution < 1.29 is 13.9 Å². The first kappa shape index (κ1) is 16.0. The van der Waals surface area contributed by atoms with Crippen molar-refractivity contribution in [2.75, 3.05) is 6.61 Å². The zero-order valence-electron chi connectivity index (χ0n) is 11.9. The molecule has 0 radical (unpaired) electrons. The molecule has 1 heterocycles. The molecule has 2 rings (SSSR count). The van der Waals surface area contributed by atoms with Gasteiger partial charge in [0.25, 0.3) is 0 Å². The predicted molar refractivity (Wildman–Crippen MR) is 84.7 cm³/mol. The summed E-state index contributed by atoms with van der Waals surface area (Å²) in [6.45, 7) is 5.92. The molecule has 21 heavy (non-hydrogen) atoms. The minimum Gasteiger partial charge on any atom is -0.460 e. The minimum atomic E-state index is -0.499. The average Bonchev–Trinajstić information content (AvgIpc) is 2.83. The summed E-state index contributed by atoms with van der Waals surface area (Å²) in [5.74, 6) is 0.0495. The van der Waals surface area contributed by atoms with Crippen LogP contribution in [0, 0.1) is 0 Å². The van der Waals surface area contributed by atoms with Gasteiger partial charge in [-0.3, -0.25) is 0 Å². The Labute approximate surface area is 136 Å². The first-order chi connectivity index (χ1) is 9.92. The number of benzene rings is 1. The normalized spacial score (nSPS) is 11.0. The van der Waals surface area contributed by atoms with E-state index in [0.717, 1.165) is 4.47 Å². The Morgan fingerprint density at radius 2 is 2.14 bits per heavy atom. The van der Waals surface area contributed by atoms with Crippen LogP contribution in [0.3, 0.4) is 0 Å². The van der Waals surface area contributed by atoms with Crippen LogP contribution < -0.4 is 0 Å². The van der Waals surface area contributed by atoms with E-state index in [-0.39, 0.29) is 18.3 Å². The van der Waals surface area contributed by atoms with Gasteiger partial charge in [-0.25, -0.2) is 9.78 Å². The van der Waals surface area contributed by atoms with E-state index in [1.807, 2.05) is 19.9 Å². The fraction of sp³-hybridized carbons (Fsp3) is 0.333. The molecule has 0 fully saturated rings. The number of aromatic nitrogens is 1. The highest BCUT2D eigenvalue weighted by Gasteiger charge is 2.24. The number of hydrogen-bond donors (Lipinski definition) is 0. The molecule has 0 aliphatic heterocycles. The summed E-state index contributed by atoms with van der Waals surface area (Å²) < 4.78 is 11.4. The smallest absolute Gasteiger partial charge is 0.376 e. The molecular weight excluding hydrogens is 358 g/mol. The molecule has 6 heteroatoms. The second-order valence-corrected chi connectivity index (χ2v) is 6.12. The number of carbonyl (C=O) groups excluding carboxylic acids is 1. The summed E-state index contributed by atoms with van der Waals surface area (Å²) in [5.41, 5.74) is 1.28. The van der Waals surface area contributed by atoms with E-state index in [4.69, 9.17) is 20.8 Å². The van der Waals surface area contributed by atoms with Crippen molar-refractivity contribution in [3.63, 3.8) is 0 Å². The molecule has 0 unspecified atom stereocenters. The standard InChI is InChI=1S/C15H15BrClNO3/c1-4-20-15(19)13-12(8(2)3)18-14(21-13)9-5-10(16)7-11(17)6-9/h5-8H,4H2,1-3H3. The number of esters is 1. The molecule has 0 N–H and O–H groups in total. The molecule has 0 aliphatic rings. The zero-order valence-corrected chi connectivity index (χ0v) is 14.3. The van der Waals surface area contributed by atoms with E-state index < -0.39 is 5.97 Å². The second kappa shape index (κ2) is 6.62. The van der Waals surface area contributed by atoms with Crippen molar-refractivity contribution in [3.05, 3.63) is 39.1 Å². The molecule has 2 aromatic rings. The molecule has 0 saturated heterocycles. The van der Waals surface area contributed by atoms with Crippen LogP contribution in [0.4, 0.5) is 0 Å². The van der Waals surface area contributed by atoms with Gasteiger partial charge in [-0.15, -0.1) is 0 Å². The number of hydrogen-bond acceptors (Lipinski definition) is 4. The Balaban J connectivity index is 2.50. The van der Waals surface area contributed by atoms with Crippen molar-refractivity contribution in [1.82, 2.24) is 4.98 Å². The van der Waals surface area contributed by atoms with Crippen molar-refractivity contribution in [2.24, 2.45) is 0 Å². The third-order valence-corrected chi connectivity index (χ3v) is 3.45. The van der Waals surface area contributed by atoms with Crippen molar-refractivity contribution in [1.29, 1.82) is 0 Å². The highest BCUT2D eigenvalue weighted by Crippen LogP contribution is 2.30. The summed E-state index contributed by atoms with van der Waals surface area (Å²) in [6, 6.07) is 5.33. The highest BCUT2D eigenvalue weighted by atomic mass is 79.9. The monoisotopic (exact) mass is 371 g/mol. The van der Waals surface area contributed by atoms with Gasteiger partial charge >= 0.3 is 5.97 Å². The van der Waals surface area contributed by atoms with Gasteiger partial charge in [-0.05, 0) is 31.0 Å². The molecule has 0 bridgehead atoms. The molecule has 4 nitrogen and oxygen atoms in total. The summed E-state index contributed by atoms with van der Waals surface area (Å²) >= 11 is 9.40. The molecular formula is C15H15BrClNO3. The SMILES string of the molecule is CCOC(=O)c1oc(-c2cc(Cl)cc(Br)c2)nc1C(C)C. The number of oxazole rings is 1. The Hall–Kier alpha value is -1.33. The van der Waals surface area contributed by atoms with Crippen LogP contribution >= 0.6 is 27.5 Å². The van der Waals surface area contributed by atoms with E-state index in [0.29, 0.717) is 22.2 Å². The molecule has 112 valence electrons. The lowest BCUT2D eigenvalue weighted by Crippen LogP contribution is -2.07. The number of carbonyl (C=O) groups is 1. The Kier molecular flexibility index (Phi) is 5.06. The lowest BCUT2D eigenvalue weighted by molar-refractivity contribution is 0.0488. The molecule has 0 aliphatic carbocycles. The fourth-order valence-corrected chi connectivity index (χ4v) is 2.73. The van der Waals surface area contributed by atoms with Crippen molar-refractivity contribution in [2.45, 2.75) is 26.7 Å². The van der Waals surface area contributed by atoms with Gasteiger partial charge in [-0.1, -0.05) is 41.4 Å². The van der Waals surface area contributed by atoms with Gasteiger partial charge in [-0.2, -0.15) is 0 Å². The molecule has 0 spiro atoms. The lowest BCUT2D eigenvalue weighted by atomic mass is 10.1. The fourth-order valence-electron chi connectivity index (χ4n) is 1.87. The third kappa shape index (κ3) is 3.66. The quantitative estimate of drug-likeness (QED) is 0.704. The van der Waals surface area contributed by atoms with Gasteiger partial charge in [0, 0.05) is 15.1 Å². The first-order valence-electron chi connectivity index (χ1n) is 6.56. The predicted octanol–water partition coefficient (Wildman–Crippen LogP) is 5.06. The number of ether oxygens (including phenoxy) is 1. The number of rotatable bonds is 4. The van der Waals surface area contributed by atoms with Crippen LogP contribution in [-0.4, -0.2) is 17.6 Å². The Morgan fingerprint density at radius 3 is 2.71 bits per heavy atom. The lowest BCUT2D eigenvalue weighted by Gasteiger charge is -2.02. The van der Waals surface area contributed by atoms with E-state index in [1.54, 1.807) is 19.1 Å². The van der Waals surface area contributed by atoms with E-state index in [9.17, 15) is 4.79 Å². The van der Waals surface area contributed by atoms with Crippen LogP contribution in [0.1, 0.15) is 42.9 Å². The van der Waals surface area contributed by atoms with Crippen molar-refractivity contribution >= 4 is 33.5 Å². The van der Waals surface area contributed by atoms with Crippen LogP contribution in [0.5, 0.6) is 0 Å². The van der Waals surface area contributed by atoms with Crippen LogP contribution in [0.25, 0.3) is 11.5 Å².